The molecule has 2 aliphatic heterocycles. The van der Waals surface area contributed by atoms with E-state index in [-0.39, 0.29) is 23.8 Å². The molecule has 0 atom stereocenters. The van der Waals surface area contributed by atoms with Gasteiger partial charge in [-0.15, -0.1) is 11.3 Å². The van der Waals surface area contributed by atoms with E-state index in [9.17, 15) is 9.59 Å². The minimum Gasteiger partial charge on any atom is -0.482 e. The highest BCUT2D eigenvalue weighted by Gasteiger charge is 2.29. The number of ether oxygens (including phenoxy) is 1. The SMILES string of the molecule is CC(C)(C)c1ccc2c(c1)N(Cc1nc(C(=O)N3CCN(Cc4ccccc4)CC3)cs1)C(=O)CO2. The van der Waals surface area contributed by atoms with E-state index in [1.165, 1.54) is 16.9 Å². The molecular formula is C28H32N4O3S. The van der Waals surface area contributed by atoms with Gasteiger partial charge in [0.05, 0.1) is 12.2 Å². The first-order valence-corrected chi connectivity index (χ1v) is 13.2. The first-order chi connectivity index (χ1) is 17.3. The third-order valence-corrected chi connectivity index (χ3v) is 7.57. The quantitative estimate of drug-likeness (QED) is 0.518. The maximum atomic E-state index is 13.1. The Hall–Kier alpha value is -3.23. The van der Waals surface area contributed by atoms with Gasteiger partial charge >= 0.3 is 0 Å². The molecule has 188 valence electrons. The fourth-order valence-corrected chi connectivity index (χ4v) is 5.33. The molecule has 3 aromatic rings. The van der Waals surface area contributed by atoms with Gasteiger partial charge in [-0.1, -0.05) is 57.2 Å². The number of amides is 2. The van der Waals surface area contributed by atoms with E-state index in [0.717, 1.165) is 35.9 Å². The van der Waals surface area contributed by atoms with Crippen LogP contribution >= 0.6 is 11.3 Å². The third-order valence-electron chi connectivity index (χ3n) is 6.74. The van der Waals surface area contributed by atoms with Gasteiger partial charge < -0.3 is 9.64 Å². The molecule has 0 unspecified atom stereocenters. The van der Waals surface area contributed by atoms with Crippen molar-refractivity contribution in [1.29, 1.82) is 0 Å². The summed E-state index contributed by atoms with van der Waals surface area (Å²) in [5, 5.41) is 2.55. The maximum Gasteiger partial charge on any atom is 0.273 e. The summed E-state index contributed by atoms with van der Waals surface area (Å²) in [5.41, 5.74) is 3.58. The number of carbonyl (C=O) groups is 2. The van der Waals surface area contributed by atoms with Crippen LogP contribution in [0.15, 0.2) is 53.9 Å². The summed E-state index contributed by atoms with van der Waals surface area (Å²) in [6, 6.07) is 16.4. The lowest BCUT2D eigenvalue weighted by molar-refractivity contribution is -0.121. The summed E-state index contributed by atoms with van der Waals surface area (Å²) >= 11 is 1.42. The van der Waals surface area contributed by atoms with Crippen LogP contribution < -0.4 is 9.64 Å². The Labute approximate surface area is 216 Å². The molecule has 1 aromatic heterocycles. The molecule has 0 radical (unpaired) electrons. The van der Waals surface area contributed by atoms with Crippen molar-refractivity contribution in [2.45, 2.75) is 39.3 Å². The Morgan fingerprint density at radius 3 is 2.50 bits per heavy atom. The van der Waals surface area contributed by atoms with E-state index in [4.69, 9.17) is 4.74 Å². The molecular weight excluding hydrogens is 472 g/mol. The summed E-state index contributed by atoms with van der Waals surface area (Å²) in [7, 11) is 0. The average molecular weight is 505 g/mol. The molecule has 2 aliphatic rings. The molecule has 0 spiro atoms. The van der Waals surface area contributed by atoms with Gasteiger partial charge in [-0.05, 0) is 28.7 Å². The van der Waals surface area contributed by atoms with Gasteiger partial charge in [0.15, 0.2) is 6.61 Å². The third kappa shape index (κ3) is 5.29. The zero-order valence-electron chi connectivity index (χ0n) is 21.1. The predicted molar refractivity (Wildman–Crippen MR) is 142 cm³/mol. The Bertz CT molecular complexity index is 1240. The number of anilines is 1. The number of aromatic nitrogens is 1. The minimum atomic E-state index is -0.105. The lowest BCUT2D eigenvalue weighted by Crippen LogP contribution is -2.48. The molecule has 2 amide bonds. The molecule has 36 heavy (non-hydrogen) atoms. The zero-order chi connectivity index (χ0) is 25.3. The number of rotatable bonds is 5. The van der Waals surface area contributed by atoms with Crippen molar-refractivity contribution in [3.63, 3.8) is 0 Å². The molecule has 1 saturated heterocycles. The molecule has 5 rings (SSSR count). The van der Waals surface area contributed by atoms with Crippen molar-refractivity contribution in [3.05, 3.63) is 75.7 Å². The van der Waals surface area contributed by atoms with Gasteiger partial charge in [0.1, 0.15) is 16.5 Å². The molecule has 7 nitrogen and oxygen atoms in total. The zero-order valence-corrected chi connectivity index (χ0v) is 21.9. The van der Waals surface area contributed by atoms with Crippen molar-refractivity contribution < 1.29 is 14.3 Å². The van der Waals surface area contributed by atoms with Crippen LogP contribution in [-0.4, -0.2) is 59.4 Å². The van der Waals surface area contributed by atoms with E-state index in [2.05, 4.69) is 54.9 Å². The van der Waals surface area contributed by atoms with Gasteiger partial charge in [0, 0.05) is 38.1 Å². The molecule has 8 heteroatoms. The maximum absolute atomic E-state index is 13.1. The van der Waals surface area contributed by atoms with E-state index in [1.54, 1.807) is 4.90 Å². The van der Waals surface area contributed by atoms with Gasteiger partial charge in [0.2, 0.25) is 0 Å². The van der Waals surface area contributed by atoms with Crippen molar-refractivity contribution in [2.75, 3.05) is 37.7 Å². The summed E-state index contributed by atoms with van der Waals surface area (Å²) in [4.78, 5) is 36.5. The molecule has 0 N–H and O–H groups in total. The smallest absolute Gasteiger partial charge is 0.273 e. The van der Waals surface area contributed by atoms with Crippen LogP contribution in [0.5, 0.6) is 5.75 Å². The van der Waals surface area contributed by atoms with E-state index >= 15 is 0 Å². The summed E-state index contributed by atoms with van der Waals surface area (Å²) in [6.07, 6.45) is 0. The monoisotopic (exact) mass is 504 g/mol. The number of nitrogens with zero attached hydrogens (tertiary/aromatic N) is 4. The highest BCUT2D eigenvalue weighted by molar-refractivity contribution is 7.09. The second-order valence-electron chi connectivity index (χ2n) is 10.4. The Balaban J connectivity index is 1.24. The second-order valence-corrected chi connectivity index (χ2v) is 11.3. The van der Waals surface area contributed by atoms with Crippen LogP contribution in [0.25, 0.3) is 0 Å². The number of hydrogen-bond donors (Lipinski definition) is 0. The molecule has 1 fully saturated rings. The Morgan fingerprint density at radius 1 is 1.03 bits per heavy atom. The van der Waals surface area contributed by atoms with Crippen molar-refractivity contribution in [2.24, 2.45) is 0 Å². The van der Waals surface area contributed by atoms with Gasteiger partial charge in [0.25, 0.3) is 11.8 Å². The lowest BCUT2D eigenvalue weighted by Gasteiger charge is -2.34. The van der Waals surface area contributed by atoms with Crippen LogP contribution in [0.1, 0.15) is 47.4 Å². The number of benzene rings is 2. The first-order valence-electron chi connectivity index (χ1n) is 12.4. The molecule has 0 saturated carbocycles. The predicted octanol–water partition coefficient (Wildman–Crippen LogP) is 4.32. The van der Waals surface area contributed by atoms with Gasteiger partial charge in [-0.25, -0.2) is 4.98 Å². The number of fused-ring (bicyclic) bond motifs is 1. The molecule has 2 aromatic carbocycles. The van der Waals surface area contributed by atoms with Crippen LogP contribution in [-0.2, 0) is 23.3 Å². The topological polar surface area (TPSA) is 66.0 Å². The highest BCUT2D eigenvalue weighted by atomic mass is 32.1. The fraction of sp³-hybridized carbons (Fsp3) is 0.393. The van der Waals surface area contributed by atoms with Gasteiger partial charge in [-0.2, -0.15) is 0 Å². The second kappa shape index (κ2) is 10.0. The minimum absolute atomic E-state index is 0.00624. The van der Waals surface area contributed by atoms with E-state index in [1.807, 2.05) is 34.5 Å². The summed E-state index contributed by atoms with van der Waals surface area (Å²) < 4.78 is 5.67. The molecule has 0 bridgehead atoms. The van der Waals surface area contributed by atoms with E-state index < -0.39 is 0 Å². The highest BCUT2D eigenvalue weighted by Crippen LogP contribution is 2.37. The number of thiazole rings is 1. The molecule has 3 heterocycles. The van der Waals surface area contributed by atoms with Crippen molar-refractivity contribution in [3.8, 4) is 5.75 Å². The Kier molecular flexibility index (Phi) is 6.81. The van der Waals surface area contributed by atoms with E-state index in [0.29, 0.717) is 31.1 Å². The first kappa shape index (κ1) is 24.5. The Morgan fingerprint density at radius 2 is 1.78 bits per heavy atom. The standard InChI is InChI=1S/C28H32N4O3S/c1-28(2,3)21-9-10-24-23(15-21)32(26(33)18-35-24)17-25-29-22(19-36-25)27(34)31-13-11-30(12-14-31)16-20-7-5-4-6-8-20/h4-10,15,19H,11-14,16-18H2,1-3H3. The number of piperazine rings is 1. The summed E-state index contributed by atoms with van der Waals surface area (Å²) in [6.45, 7) is 10.7. The van der Waals surface area contributed by atoms with Gasteiger partial charge in [-0.3, -0.25) is 19.4 Å². The number of hydrogen-bond acceptors (Lipinski definition) is 6. The van der Waals surface area contributed by atoms with Crippen LogP contribution in [0.4, 0.5) is 5.69 Å². The number of carbonyl (C=O) groups excluding carboxylic acids is 2. The van der Waals surface area contributed by atoms with Crippen molar-refractivity contribution in [1.82, 2.24) is 14.8 Å². The normalized spacial score (nSPS) is 16.6. The van der Waals surface area contributed by atoms with Crippen LogP contribution in [0.2, 0.25) is 0 Å². The summed E-state index contributed by atoms with van der Waals surface area (Å²) in [5.74, 6) is 0.551. The lowest BCUT2D eigenvalue weighted by atomic mass is 9.86. The van der Waals surface area contributed by atoms with Crippen LogP contribution in [0, 0.1) is 0 Å². The van der Waals surface area contributed by atoms with Crippen LogP contribution in [0.3, 0.4) is 0 Å². The van der Waals surface area contributed by atoms with Crippen molar-refractivity contribution >= 4 is 28.8 Å². The largest absolute Gasteiger partial charge is 0.482 e. The molecule has 0 aliphatic carbocycles. The fourth-order valence-electron chi connectivity index (χ4n) is 4.57. The average Bonchev–Trinajstić information content (AvgIpc) is 3.34.